The molecule has 0 radical (unpaired) electrons. The van der Waals surface area contributed by atoms with Crippen LogP contribution < -0.4 is 4.31 Å². The molecule has 0 fully saturated rings. The lowest BCUT2D eigenvalue weighted by Gasteiger charge is -2.30. The van der Waals surface area contributed by atoms with E-state index in [0.717, 1.165) is 24.1 Å². The van der Waals surface area contributed by atoms with Crippen molar-refractivity contribution in [1.82, 2.24) is 0 Å². The van der Waals surface area contributed by atoms with E-state index >= 15 is 0 Å². The number of hydrogen-bond donors (Lipinski definition) is 0. The second-order valence-corrected chi connectivity index (χ2v) is 7.42. The van der Waals surface area contributed by atoms with Crippen molar-refractivity contribution in [2.24, 2.45) is 0 Å². The second kappa shape index (κ2) is 5.22. The number of nitrogens with zero attached hydrogens (tertiary/aromatic N) is 1. The lowest BCUT2D eigenvalue weighted by Crippen LogP contribution is -2.35. The zero-order valence-electron chi connectivity index (χ0n) is 10.8. The summed E-state index contributed by atoms with van der Waals surface area (Å²) in [5, 5.41) is 0. The number of fused-ring (bicyclic) bond motifs is 1. The highest BCUT2D eigenvalue weighted by molar-refractivity contribution is 9.10. The number of aryl methyl sites for hydroxylation is 1. The molecule has 3 rings (SSSR count). The summed E-state index contributed by atoms with van der Waals surface area (Å²) < 4.78 is 27.9. The van der Waals surface area contributed by atoms with Gasteiger partial charge < -0.3 is 0 Å². The van der Waals surface area contributed by atoms with E-state index in [2.05, 4.69) is 15.9 Å². The predicted molar refractivity (Wildman–Crippen MR) is 83.4 cm³/mol. The van der Waals surface area contributed by atoms with Gasteiger partial charge in [-0.15, -0.1) is 0 Å². The predicted octanol–water partition coefficient (Wildman–Crippen LogP) is 3.59. The van der Waals surface area contributed by atoms with E-state index in [1.54, 1.807) is 18.2 Å². The van der Waals surface area contributed by atoms with Crippen molar-refractivity contribution in [3.63, 3.8) is 0 Å². The fourth-order valence-electron chi connectivity index (χ4n) is 2.52. The Balaban J connectivity index is 2.13. The van der Waals surface area contributed by atoms with E-state index < -0.39 is 10.0 Å². The van der Waals surface area contributed by atoms with Crippen LogP contribution in [-0.2, 0) is 16.4 Å². The minimum absolute atomic E-state index is 0.316. The minimum Gasteiger partial charge on any atom is -0.266 e. The normalized spacial score (nSPS) is 14.9. The zero-order valence-corrected chi connectivity index (χ0v) is 13.2. The van der Waals surface area contributed by atoms with Gasteiger partial charge in [-0.25, -0.2) is 8.42 Å². The Morgan fingerprint density at radius 3 is 2.50 bits per heavy atom. The first-order chi connectivity index (χ1) is 9.60. The van der Waals surface area contributed by atoms with Gasteiger partial charge in [0.25, 0.3) is 10.0 Å². The van der Waals surface area contributed by atoms with E-state index in [1.807, 2.05) is 30.3 Å². The van der Waals surface area contributed by atoms with Crippen LogP contribution in [0.5, 0.6) is 0 Å². The molecule has 3 nitrogen and oxygen atoms in total. The van der Waals surface area contributed by atoms with Crippen LogP contribution in [0.4, 0.5) is 5.69 Å². The largest absolute Gasteiger partial charge is 0.266 e. The van der Waals surface area contributed by atoms with Crippen molar-refractivity contribution >= 4 is 31.6 Å². The second-order valence-electron chi connectivity index (χ2n) is 4.74. The van der Waals surface area contributed by atoms with Gasteiger partial charge in [0.05, 0.1) is 5.69 Å². The number of halogens is 1. The van der Waals surface area contributed by atoms with E-state index in [-0.39, 0.29) is 0 Å². The first-order valence-electron chi connectivity index (χ1n) is 6.46. The van der Waals surface area contributed by atoms with Crippen LogP contribution in [0.2, 0.25) is 0 Å². The van der Waals surface area contributed by atoms with Gasteiger partial charge in [-0.1, -0.05) is 30.3 Å². The van der Waals surface area contributed by atoms with Crippen molar-refractivity contribution < 1.29 is 8.42 Å². The van der Waals surface area contributed by atoms with Crippen LogP contribution in [-0.4, -0.2) is 15.0 Å². The third kappa shape index (κ3) is 2.25. The number of benzene rings is 2. The van der Waals surface area contributed by atoms with Crippen LogP contribution in [0.15, 0.2) is 57.9 Å². The molecule has 0 spiro atoms. The quantitative estimate of drug-likeness (QED) is 0.828. The van der Waals surface area contributed by atoms with E-state index in [4.69, 9.17) is 0 Å². The summed E-state index contributed by atoms with van der Waals surface area (Å²) in [6.45, 7) is 0.528. The molecule has 0 aliphatic carbocycles. The van der Waals surface area contributed by atoms with Crippen LogP contribution in [0.25, 0.3) is 0 Å². The summed E-state index contributed by atoms with van der Waals surface area (Å²) in [5.41, 5.74) is 1.89. The maximum Gasteiger partial charge on any atom is 0.265 e. The molecule has 2 aromatic carbocycles. The highest BCUT2D eigenvalue weighted by atomic mass is 79.9. The highest BCUT2D eigenvalue weighted by Gasteiger charge is 2.29. The number of sulfonamides is 1. The smallest absolute Gasteiger partial charge is 0.265 e. The maximum atomic E-state index is 12.9. The molecule has 1 heterocycles. The van der Waals surface area contributed by atoms with Gasteiger partial charge >= 0.3 is 0 Å². The van der Waals surface area contributed by atoms with Crippen LogP contribution in [0.3, 0.4) is 0 Å². The summed E-state index contributed by atoms with van der Waals surface area (Å²) in [7, 11) is -3.52. The van der Waals surface area contributed by atoms with Gasteiger partial charge in [0.15, 0.2) is 0 Å². The molecule has 104 valence electrons. The average molecular weight is 352 g/mol. The van der Waals surface area contributed by atoms with E-state index in [1.165, 1.54) is 4.31 Å². The molecule has 1 aliphatic rings. The van der Waals surface area contributed by atoms with Gasteiger partial charge in [-0.3, -0.25) is 4.31 Å². The topological polar surface area (TPSA) is 37.4 Å². The van der Waals surface area contributed by atoms with E-state index in [0.29, 0.717) is 15.9 Å². The van der Waals surface area contributed by atoms with Crippen molar-refractivity contribution in [3.05, 3.63) is 58.6 Å². The van der Waals surface area contributed by atoms with Crippen LogP contribution >= 0.6 is 15.9 Å². The van der Waals surface area contributed by atoms with Crippen LogP contribution in [0.1, 0.15) is 12.0 Å². The molecule has 0 amide bonds. The molecular weight excluding hydrogens is 338 g/mol. The fraction of sp³-hybridized carbons (Fsp3) is 0.200. The first-order valence-corrected chi connectivity index (χ1v) is 8.69. The number of rotatable bonds is 2. The number of hydrogen-bond acceptors (Lipinski definition) is 2. The molecule has 1 aliphatic heterocycles. The highest BCUT2D eigenvalue weighted by Crippen LogP contribution is 2.33. The Morgan fingerprint density at radius 2 is 1.70 bits per heavy atom. The third-order valence-corrected chi connectivity index (χ3v) is 6.30. The maximum absolute atomic E-state index is 12.9. The molecule has 0 saturated heterocycles. The molecule has 0 saturated carbocycles. The Labute approximate surface area is 127 Å². The SMILES string of the molecule is O=S(=O)(c1ccccc1Br)N1CCCc2ccccc21. The lowest BCUT2D eigenvalue weighted by molar-refractivity contribution is 0.586. The van der Waals surface area contributed by atoms with E-state index in [9.17, 15) is 8.42 Å². The van der Waals surface area contributed by atoms with Crippen molar-refractivity contribution in [3.8, 4) is 0 Å². The summed E-state index contributed by atoms with van der Waals surface area (Å²) in [6, 6.07) is 14.7. The van der Waals surface area contributed by atoms with Gasteiger partial charge in [-0.2, -0.15) is 0 Å². The number of para-hydroxylation sites is 1. The lowest BCUT2D eigenvalue weighted by atomic mass is 10.0. The Bertz CT molecular complexity index is 743. The molecule has 2 aromatic rings. The molecule has 0 aromatic heterocycles. The summed E-state index contributed by atoms with van der Waals surface area (Å²) in [4.78, 5) is 0.316. The Kier molecular flexibility index (Phi) is 3.56. The number of anilines is 1. The molecule has 0 unspecified atom stereocenters. The summed E-state index contributed by atoms with van der Waals surface area (Å²) in [5.74, 6) is 0. The Morgan fingerprint density at radius 1 is 1.00 bits per heavy atom. The summed E-state index contributed by atoms with van der Waals surface area (Å²) in [6.07, 6.45) is 1.78. The van der Waals surface area contributed by atoms with Gasteiger partial charge in [0.1, 0.15) is 4.90 Å². The molecule has 0 N–H and O–H groups in total. The third-order valence-electron chi connectivity index (χ3n) is 3.47. The van der Waals surface area contributed by atoms with Crippen LogP contribution in [0, 0.1) is 0 Å². The molecule has 0 bridgehead atoms. The van der Waals surface area contributed by atoms with Gasteiger partial charge in [-0.05, 0) is 52.5 Å². The van der Waals surface area contributed by atoms with Gasteiger partial charge in [0.2, 0.25) is 0 Å². The zero-order chi connectivity index (χ0) is 14.2. The molecule has 20 heavy (non-hydrogen) atoms. The van der Waals surface area contributed by atoms with Gasteiger partial charge in [0, 0.05) is 11.0 Å². The molecular formula is C15H14BrNO2S. The Hall–Kier alpha value is -1.33. The van der Waals surface area contributed by atoms with Crippen molar-refractivity contribution in [2.45, 2.75) is 17.7 Å². The van der Waals surface area contributed by atoms with Crippen molar-refractivity contribution in [2.75, 3.05) is 10.8 Å². The monoisotopic (exact) mass is 351 g/mol. The minimum atomic E-state index is -3.52. The molecule has 5 heteroatoms. The first kappa shape index (κ1) is 13.6. The fourth-order valence-corrected chi connectivity index (χ4v) is 5.03. The van der Waals surface area contributed by atoms with Crippen molar-refractivity contribution in [1.29, 1.82) is 0 Å². The summed E-state index contributed by atoms with van der Waals surface area (Å²) >= 11 is 3.33. The molecule has 0 atom stereocenters. The average Bonchev–Trinajstić information content (AvgIpc) is 2.47. The standard InChI is InChI=1S/C15H14BrNO2S/c16-13-8-2-4-10-15(13)20(18,19)17-11-5-7-12-6-1-3-9-14(12)17/h1-4,6,8-10H,5,7,11H2.